The zero-order chi connectivity index (χ0) is 18.3. The molecule has 0 radical (unpaired) electrons. The molecule has 0 saturated carbocycles. The van der Waals surface area contributed by atoms with Crippen LogP contribution in [0.4, 0.5) is 0 Å². The van der Waals surface area contributed by atoms with Crippen molar-refractivity contribution in [1.29, 1.82) is 0 Å². The molecule has 1 rings (SSSR count). The van der Waals surface area contributed by atoms with Crippen molar-refractivity contribution >= 4 is 30.9 Å². The summed E-state index contributed by atoms with van der Waals surface area (Å²) >= 11 is 3.47. The lowest BCUT2D eigenvalue weighted by Crippen LogP contribution is -2.41. The van der Waals surface area contributed by atoms with Crippen molar-refractivity contribution in [2.24, 2.45) is 11.3 Å². The molecule has 0 fully saturated rings. The number of ether oxygens (including phenoxy) is 1. The molecular formula is C19H31BrO3Si. The molecule has 0 amide bonds. The highest BCUT2D eigenvalue weighted by molar-refractivity contribution is 9.10. The first-order valence-electron chi connectivity index (χ1n) is 8.63. The van der Waals surface area contributed by atoms with Crippen LogP contribution in [0.5, 0.6) is 0 Å². The minimum absolute atomic E-state index is 0.0157. The van der Waals surface area contributed by atoms with Crippen molar-refractivity contribution in [3.8, 4) is 0 Å². The van der Waals surface area contributed by atoms with Crippen molar-refractivity contribution < 1.29 is 14.0 Å². The van der Waals surface area contributed by atoms with Crippen LogP contribution in [0.2, 0.25) is 13.1 Å². The van der Waals surface area contributed by atoms with E-state index in [1.54, 1.807) is 0 Å². The number of hydrogen-bond donors (Lipinski definition) is 0. The van der Waals surface area contributed by atoms with Gasteiger partial charge in [-0.25, -0.2) is 0 Å². The number of aryl methyl sites for hydroxylation is 1. The zero-order valence-corrected chi connectivity index (χ0v) is 18.5. The number of carbonyl (C=O) groups is 1. The topological polar surface area (TPSA) is 35.5 Å². The van der Waals surface area contributed by atoms with E-state index in [1.807, 2.05) is 0 Å². The van der Waals surface area contributed by atoms with Gasteiger partial charge in [-0.1, -0.05) is 48.8 Å². The van der Waals surface area contributed by atoms with Gasteiger partial charge in [-0.2, -0.15) is 0 Å². The molecule has 1 unspecified atom stereocenters. The van der Waals surface area contributed by atoms with Crippen LogP contribution in [-0.4, -0.2) is 27.7 Å². The van der Waals surface area contributed by atoms with Crippen LogP contribution in [0.25, 0.3) is 0 Å². The molecule has 0 aliphatic heterocycles. The number of hydrogen-bond acceptors (Lipinski definition) is 3. The van der Waals surface area contributed by atoms with Gasteiger partial charge in [-0.05, 0) is 49.0 Å². The van der Waals surface area contributed by atoms with E-state index < -0.39 is 9.04 Å². The van der Waals surface area contributed by atoms with Crippen molar-refractivity contribution in [2.75, 3.05) is 6.61 Å². The van der Waals surface area contributed by atoms with Crippen molar-refractivity contribution in [3.05, 3.63) is 34.3 Å². The Balaban J connectivity index is 2.86. The summed E-state index contributed by atoms with van der Waals surface area (Å²) in [7, 11) is -1.19. The third-order valence-electron chi connectivity index (χ3n) is 3.92. The van der Waals surface area contributed by atoms with E-state index in [9.17, 15) is 4.79 Å². The summed E-state index contributed by atoms with van der Waals surface area (Å²) in [4.78, 5) is 11.3. The van der Waals surface area contributed by atoms with Gasteiger partial charge in [-0.3, -0.25) is 4.79 Å². The molecule has 0 spiro atoms. The normalized spacial score (nSPS) is 14.5. The Kier molecular flexibility index (Phi) is 8.67. The summed E-state index contributed by atoms with van der Waals surface area (Å²) in [6, 6.07) is 8.40. The number of rotatable bonds is 8. The van der Waals surface area contributed by atoms with E-state index >= 15 is 0 Å². The molecule has 0 N–H and O–H groups in total. The third kappa shape index (κ3) is 7.95. The fraction of sp³-hybridized carbons (Fsp3) is 0.632. The number of carbonyl (C=O) groups excluding carboxylic acids is 1. The Labute approximate surface area is 157 Å². The highest BCUT2D eigenvalue weighted by Gasteiger charge is 2.34. The van der Waals surface area contributed by atoms with Gasteiger partial charge in [0.05, 0.1) is 12.7 Å². The average Bonchev–Trinajstić information content (AvgIpc) is 2.45. The summed E-state index contributed by atoms with van der Waals surface area (Å²) < 4.78 is 12.8. The zero-order valence-electron chi connectivity index (χ0n) is 15.8. The number of halogens is 1. The average molecular weight is 415 g/mol. The SMILES string of the molecule is CC(=O)OC[C@H](CCc1ccc(Br)cc1)C(O[SiH](C)C)C(C)(C)C. The largest absolute Gasteiger partial charge is 0.465 e. The first-order valence-corrected chi connectivity index (χ1v) is 12.2. The first kappa shape index (κ1) is 21.4. The standard InChI is InChI=1S/C19H31BrO3Si/c1-14(21)22-13-16(18(19(2,3)4)23-24(5)6)10-7-15-8-11-17(20)12-9-15/h8-9,11-12,16,18,24H,7,10,13H2,1-6H3/t16-,18?/m0/s1. The highest BCUT2D eigenvalue weighted by atomic mass is 79.9. The molecule has 0 saturated heterocycles. The van der Waals surface area contributed by atoms with Crippen LogP contribution in [0.15, 0.2) is 28.7 Å². The van der Waals surface area contributed by atoms with Gasteiger partial charge in [-0.15, -0.1) is 0 Å². The van der Waals surface area contributed by atoms with Crippen LogP contribution in [0.3, 0.4) is 0 Å². The van der Waals surface area contributed by atoms with Crippen LogP contribution in [-0.2, 0) is 20.4 Å². The molecule has 1 aromatic rings. The highest BCUT2D eigenvalue weighted by Crippen LogP contribution is 2.32. The van der Waals surface area contributed by atoms with Gasteiger partial charge < -0.3 is 9.16 Å². The second-order valence-electron chi connectivity index (χ2n) is 7.70. The Morgan fingerprint density at radius 1 is 1.21 bits per heavy atom. The quantitative estimate of drug-likeness (QED) is 0.444. The minimum atomic E-state index is -1.19. The molecule has 5 heteroatoms. The summed E-state index contributed by atoms with van der Waals surface area (Å²) in [6.45, 7) is 12.9. The van der Waals surface area contributed by atoms with Crippen molar-refractivity contribution in [3.63, 3.8) is 0 Å². The minimum Gasteiger partial charge on any atom is -0.465 e. The molecule has 24 heavy (non-hydrogen) atoms. The summed E-state index contributed by atoms with van der Waals surface area (Å²) in [5.41, 5.74) is 1.31. The van der Waals surface area contributed by atoms with Gasteiger partial charge in [0.25, 0.3) is 0 Å². The van der Waals surface area contributed by atoms with E-state index in [0.29, 0.717) is 6.61 Å². The van der Waals surface area contributed by atoms with E-state index in [4.69, 9.17) is 9.16 Å². The van der Waals surface area contributed by atoms with E-state index in [1.165, 1.54) is 12.5 Å². The lowest BCUT2D eigenvalue weighted by Gasteiger charge is -2.38. The van der Waals surface area contributed by atoms with Crippen LogP contribution >= 0.6 is 15.9 Å². The number of esters is 1. The van der Waals surface area contributed by atoms with Gasteiger partial charge in [0.15, 0.2) is 9.04 Å². The van der Waals surface area contributed by atoms with Crippen LogP contribution in [0, 0.1) is 11.3 Å². The van der Waals surface area contributed by atoms with Gasteiger partial charge in [0.1, 0.15) is 0 Å². The molecule has 1 aromatic carbocycles. The Bertz CT molecular complexity index is 508. The summed E-state index contributed by atoms with van der Waals surface area (Å²) in [6.07, 6.45) is 1.99. The van der Waals surface area contributed by atoms with Crippen molar-refractivity contribution in [2.45, 2.75) is 59.7 Å². The molecule has 0 bridgehead atoms. The predicted molar refractivity (Wildman–Crippen MR) is 106 cm³/mol. The van der Waals surface area contributed by atoms with Crippen LogP contribution < -0.4 is 0 Å². The molecule has 0 aliphatic carbocycles. The second-order valence-corrected chi connectivity index (χ2v) is 11.0. The molecule has 0 aliphatic rings. The molecule has 2 atom stereocenters. The summed E-state index contributed by atoms with van der Waals surface area (Å²) in [5.74, 6) is -0.0226. The second kappa shape index (κ2) is 9.73. The smallest absolute Gasteiger partial charge is 0.302 e. The Hall–Kier alpha value is -0.653. The fourth-order valence-corrected chi connectivity index (χ4v) is 4.35. The molecule has 0 heterocycles. The summed E-state index contributed by atoms with van der Waals surface area (Å²) in [5, 5.41) is 0. The van der Waals surface area contributed by atoms with Gasteiger partial charge >= 0.3 is 5.97 Å². The first-order chi connectivity index (χ1) is 11.1. The maximum absolute atomic E-state index is 11.3. The van der Waals surface area contributed by atoms with Crippen molar-refractivity contribution in [1.82, 2.24) is 0 Å². The molecular weight excluding hydrogens is 384 g/mol. The lowest BCUT2D eigenvalue weighted by atomic mass is 9.79. The molecule has 0 aromatic heterocycles. The van der Waals surface area contributed by atoms with Gasteiger partial charge in [0, 0.05) is 17.3 Å². The third-order valence-corrected chi connectivity index (χ3v) is 5.28. The Morgan fingerprint density at radius 2 is 1.79 bits per heavy atom. The van der Waals surface area contributed by atoms with E-state index in [-0.39, 0.29) is 23.4 Å². The molecule has 136 valence electrons. The maximum Gasteiger partial charge on any atom is 0.302 e. The van der Waals surface area contributed by atoms with E-state index in [0.717, 1.165) is 17.3 Å². The predicted octanol–water partition coefficient (Wildman–Crippen LogP) is 4.98. The monoisotopic (exact) mass is 414 g/mol. The van der Waals surface area contributed by atoms with Crippen LogP contribution in [0.1, 0.15) is 39.7 Å². The van der Waals surface area contributed by atoms with E-state index in [2.05, 4.69) is 74.1 Å². The fourth-order valence-electron chi connectivity index (χ4n) is 2.87. The van der Waals surface area contributed by atoms with Gasteiger partial charge in [0.2, 0.25) is 0 Å². The lowest BCUT2D eigenvalue weighted by molar-refractivity contribution is -0.144. The number of benzene rings is 1. The Morgan fingerprint density at radius 3 is 2.25 bits per heavy atom. The molecule has 3 nitrogen and oxygen atoms in total. The maximum atomic E-state index is 11.3.